The van der Waals surface area contributed by atoms with Crippen LogP contribution in [0.4, 0.5) is 0 Å². The number of carbonyl (C=O) groups excluding carboxylic acids is 2. The molecule has 1 aromatic heterocycles. The van der Waals surface area contributed by atoms with Crippen molar-refractivity contribution in [1.82, 2.24) is 10.3 Å². The Bertz CT molecular complexity index is 467. The number of nitrogens with zero attached hydrogens (tertiary/aromatic N) is 1. The molecule has 0 fully saturated rings. The van der Waals surface area contributed by atoms with Crippen LogP contribution in [0.2, 0.25) is 10.2 Å². The zero-order valence-corrected chi connectivity index (χ0v) is 10.8. The lowest BCUT2D eigenvalue weighted by atomic mass is 10.2. The highest BCUT2D eigenvalue weighted by Crippen LogP contribution is 2.19. The molecule has 8 heteroatoms. The van der Waals surface area contributed by atoms with Crippen molar-refractivity contribution in [2.75, 3.05) is 13.7 Å². The first kappa shape index (κ1) is 14.7. The second-order valence-corrected chi connectivity index (χ2v) is 4.01. The van der Waals surface area contributed by atoms with Crippen molar-refractivity contribution < 1.29 is 19.4 Å². The molecule has 1 heterocycles. The molecule has 1 rings (SSSR count). The number of hydrogen-bond donors (Lipinski definition) is 2. The van der Waals surface area contributed by atoms with E-state index in [0.29, 0.717) is 0 Å². The maximum Gasteiger partial charge on any atom is 0.336 e. The molecule has 6 nitrogen and oxygen atoms in total. The first-order valence-electron chi connectivity index (χ1n) is 4.81. The summed E-state index contributed by atoms with van der Waals surface area (Å²) in [7, 11) is 1.14. The lowest BCUT2D eigenvalue weighted by Gasteiger charge is -2.09. The first-order chi connectivity index (χ1) is 8.45. The van der Waals surface area contributed by atoms with E-state index < -0.39 is 18.0 Å². The third-order valence-corrected chi connectivity index (χ3v) is 2.67. The molecule has 0 saturated heterocycles. The lowest BCUT2D eigenvalue weighted by Crippen LogP contribution is -2.37. The Morgan fingerprint density at radius 1 is 1.56 bits per heavy atom. The summed E-state index contributed by atoms with van der Waals surface area (Å²) in [6.45, 7) is -0.272. The van der Waals surface area contributed by atoms with Gasteiger partial charge < -0.3 is 15.2 Å². The van der Waals surface area contributed by atoms with Crippen molar-refractivity contribution in [3.05, 3.63) is 28.0 Å². The van der Waals surface area contributed by atoms with Gasteiger partial charge in [-0.2, -0.15) is 0 Å². The third-order valence-electron chi connectivity index (χ3n) is 1.99. The summed E-state index contributed by atoms with van der Waals surface area (Å²) in [5, 5.41) is 11.8. The van der Waals surface area contributed by atoms with Crippen molar-refractivity contribution in [2.45, 2.75) is 6.10 Å². The fourth-order valence-electron chi connectivity index (χ4n) is 1.06. The molecule has 1 aromatic rings. The molecule has 1 atom stereocenters. The van der Waals surface area contributed by atoms with Gasteiger partial charge in [-0.15, -0.1) is 0 Å². The monoisotopic (exact) mass is 292 g/mol. The second-order valence-electron chi connectivity index (χ2n) is 3.25. The number of pyridine rings is 1. The van der Waals surface area contributed by atoms with Crippen molar-refractivity contribution in [3.8, 4) is 0 Å². The molecule has 0 saturated carbocycles. The summed E-state index contributed by atoms with van der Waals surface area (Å²) in [5.41, 5.74) is 0.168. The highest BCUT2D eigenvalue weighted by Gasteiger charge is 2.17. The molecule has 0 spiro atoms. The van der Waals surface area contributed by atoms with Gasteiger partial charge in [-0.05, 0) is 6.07 Å². The number of methoxy groups -OCH3 is 1. The summed E-state index contributed by atoms with van der Waals surface area (Å²) in [6, 6.07) is 1.33. The molecular formula is C10H10Cl2N2O4. The fourth-order valence-corrected chi connectivity index (χ4v) is 1.33. The van der Waals surface area contributed by atoms with Gasteiger partial charge in [-0.3, -0.25) is 4.79 Å². The predicted octanol–water partition coefficient (Wildman–Crippen LogP) is 0.652. The molecule has 1 unspecified atom stereocenters. The number of aromatic nitrogens is 1. The van der Waals surface area contributed by atoms with E-state index in [1.54, 1.807) is 0 Å². The number of halogens is 2. The number of hydrogen-bond acceptors (Lipinski definition) is 5. The van der Waals surface area contributed by atoms with E-state index >= 15 is 0 Å². The second kappa shape index (κ2) is 6.53. The Morgan fingerprint density at radius 2 is 2.22 bits per heavy atom. The van der Waals surface area contributed by atoms with Gasteiger partial charge in [0.25, 0.3) is 5.91 Å². The Labute approximate surface area is 113 Å². The van der Waals surface area contributed by atoms with Gasteiger partial charge in [-0.1, -0.05) is 23.2 Å². The quantitative estimate of drug-likeness (QED) is 0.628. The molecule has 98 valence electrons. The van der Waals surface area contributed by atoms with E-state index in [1.807, 2.05) is 0 Å². The summed E-state index contributed by atoms with van der Waals surface area (Å²) in [4.78, 5) is 26.2. The molecule has 0 aromatic carbocycles. The third kappa shape index (κ3) is 3.83. The molecule has 18 heavy (non-hydrogen) atoms. The molecular weight excluding hydrogens is 283 g/mol. The summed E-state index contributed by atoms with van der Waals surface area (Å²) in [5.74, 6) is -1.37. The zero-order chi connectivity index (χ0) is 13.7. The van der Waals surface area contributed by atoms with E-state index in [-0.39, 0.29) is 22.3 Å². The van der Waals surface area contributed by atoms with Crippen LogP contribution in [-0.2, 0) is 9.53 Å². The van der Waals surface area contributed by atoms with Crippen molar-refractivity contribution in [1.29, 1.82) is 0 Å². The van der Waals surface area contributed by atoms with E-state index in [1.165, 1.54) is 12.3 Å². The van der Waals surface area contributed by atoms with Gasteiger partial charge in [0, 0.05) is 6.20 Å². The van der Waals surface area contributed by atoms with Crippen LogP contribution in [0.3, 0.4) is 0 Å². The zero-order valence-electron chi connectivity index (χ0n) is 9.31. The van der Waals surface area contributed by atoms with Crippen LogP contribution in [-0.4, -0.2) is 41.7 Å². The lowest BCUT2D eigenvalue weighted by molar-refractivity contribution is -0.149. The highest BCUT2D eigenvalue weighted by molar-refractivity contribution is 6.41. The van der Waals surface area contributed by atoms with Crippen molar-refractivity contribution >= 4 is 35.1 Å². The molecule has 2 N–H and O–H groups in total. The maximum absolute atomic E-state index is 11.6. The smallest absolute Gasteiger partial charge is 0.336 e. The number of nitrogens with one attached hydrogen (secondary N) is 1. The minimum atomic E-state index is -1.42. The molecule has 0 radical (unpaired) electrons. The van der Waals surface area contributed by atoms with E-state index in [4.69, 9.17) is 23.2 Å². The number of aliphatic hydroxyl groups excluding tert-OH is 1. The van der Waals surface area contributed by atoms with Gasteiger partial charge in [0.1, 0.15) is 5.15 Å². The molecule has 0 aliphatic rings. The SMILES string of the molecule is COC(=O)C(O)CNC(=O)c1cnc(Cl)c(Cl)c1. The number of rotatable bonds is 4. The average molecular weight is 293 g/mol. The van der Waals surface area contributed by atoms with E-state index in [2.05, 4.69) is 15.0 Å². The largest absolute Gasteiger partial charge is 0.467 e. The Hall–Kier alpha value is -1.37. The van der Waals surface area contributed by atoms with Crippen LogP contribution in [0.15, 0.2) is 12.3 Å². The predicted molar refractivity (Wildman–Crippen MR) is 64.6 cm³/mol. The number of carbonyl (C=O) groups is 2. The standard InChI is InChI=1S/C10H10Cl2N2O4/c1-18-10(17)7(15)4-14-9(16)5-2-6(11)8(12)13-3-5/h2-3,7,15H,4H2,1H3,(H,14,16). The van der Waals surface area contributed by atoms with Crippen LogP contribution in [0.1, 0.15) is 10.4 Å². The maximum atomic E-state index is 11.6. The molecule has 0 bridgehead atoms. The summed E-state index contributed by atoms with van der Waals surface area (Å²) in [6.07, 6.45) is -0.191. The number of amides is 1. The fraction of sp³-hybridized carbons (Fsp3) is 0.300. The first-order valence-corrected chi connectivity index (χ1v) is 5.56. The van der Waals surface area contributed by atoms with E-state index in [0.717, 1.165) is 7.11 Å². The molecule has 0 aliphatic heterocycles. The number of ether oxygens (including phenoxy) is 1. The van der Waals surface area contributed by atoms with Gasteiger partial charge in [0.15, 0.2) is 6.10 Å². The minimum Gasteiger partial charge on any atom is -0.467 e. The molecule has 0 aliphatic carbocycles. The average Bonchev–Trinajstić information content (AvgIpc) is 2.37. The van der Waals surface area contributed by atoms with Crippen LogP contribution < -0.4 is 5.32 Å². The van der Waals surface area contributed by atoms with Crippen LogP contribution in [0, 0.1) is 0 Å². The number of esters is 1. The van der Waals surface area contributed by atoms with Gasteiger partial charge in [0.2, 0.25) is 0 Å². The van der Waals surface area contributed by atoms with Crippen LogP contribution >= 0.6 is 23.2 Å². The molecule has 1 amide bonds. The van der Waals surface area contributed by atoms with Crippen LogP contribution in [0.25, 0.3) is 0 Å². The topological polar surface area (TPSA) is 88.5 Å². The van der Waals surface area contributed by atoms with Gasteiger partial charge in [-0.25, -0.2) is 9.78 Å². The normalized spacial score (nSPS) is 11.8. The van der Waals surface area contributed by atoms with Gasteiger partial charge >= 0.3 is 5.97 Å². The Kier molecular flexibility index (Phi) is 5.33. The summed E-state index contributed by atoms with van der Waals surface area (Å²) >= 11 is 11.3. The minimum absolute atomic E-state index is 0.0859. The Morgan fingerprint density at radius 3 is 2.78 bits per heavy atom. The summed E-state index contributed by atoms with van der Waals surface area (Å²) < 4.78 is 4.29. The Balaban J connectivity index is 2.60. The van der Waals surface area contributed by atoms with Crippen LogP contribution in [0.5, 0.6) is 0 Å². The van der Waals surface area contributed by atoms with Crippen molar-refractivity contribution in [2.24, 2.45) is 0 Å². The highest BCUT2D eigenvalue weighted by atomic mass is 35.5. The van der Waals surface area contributed by atoms with E-state index in [9.17, 15) is 14.7 Å². The number of aliphatic hydroxyl groups is 1. The van der Waals surface area contributed by atoms with Crippen molar-refractivity contribution in [3.63, 3.8) is 0 Å². The van der Waals surface area contributed by atoms with Gasteiger partial charge in [0.05, 0.1) is 24.2 Å².